The first-order valence-corrected chi connectivity index (χ1v) is 8.88. The molecule has 2 unspecified atom stereocenters. The van der Waals surface area contributed by atoms with Crippen LogP contribution in [0.4, 0.5) is 0 Å². The third-order valence-corrected chi connectivity index (χ3v) is 5.27. The highest BCUT2D eigenvalue weighted by atomic mass is 35.5. The Labute approximate surface area is 135 Å². The maximum Gasteiger partial charge on any atom is 0.221 e. The van der Waals surface area contributed by atoms with Gasteiger partial charge in [-0.3, -0.25) is 4.79 Å². The summed E-state index contributed by atoms with van der Waals surface area (Å²) in [6.45, 7) is 0. The molecule has 21 heavy (non-hydrogen) atoms. The maximum atomic E-state index is 12.0. The maximum absolute atomic E-state index is 12.0. The smallest absolute Gasteiger partial charge is 0.221 e. The lowest BCUT2D eigenvalue weighted by molar-refractivity contribution is -0.122. The summed E-state index contributed by atoms with van der Waals surface area (Å²) in [4.78, 5) is 13.0. The summed E-state index contributed by atoms with van der Waals surface area (Å²) in [6.07, 6.45) is 4.99. The van der Waals surface area contributed by atoms with Crippen LogP contribution in [0.15, 0.2) is 29.2 Å². The number of carbonyl (C=O) groups is 1. The van der Waals surface area contributed by atoms with Gasteiger partial charge in [-0.2, -0.15) is 0 Å². The van der Waals surface area contributed by atoms with Gasteiger partial charge in [-0.25, -0.2) is 0 Å². The minimum Gasteiger partial charge on any atom is -0.391 e. The van der Waals surface area contributed by atoms with Gasteiger partial charge in [-0.05, 0) is 25.0 Å². The Morgan fingerprint density at radius 3 is 2.86 bits per heavy atom. The van der Waals surface area contributed by atoms with Crippen LogP contribution < -0.4 is 5.32 Å². The molecule has 1 aromatic carbocycles. The zero-order valence-electron chi connectivity index (χ0n) is 12.1. The average molecular weight is 328 g/mol. The second-order valence-corrected chi connectivity index (χ2v) is 6.95. The molecule has 0 spiro atoms. The van der Waals surface area contributed by atoms with E-state index in [2.05, 4.69) is 5.32 Å². The first kappa shape index (κ1) is 16.7. The fraction of sp³-hybridized carbons (Fsp3) is 0.562. The number of halogens is 1. The molecule has 1 fully saturated rings. The molecule has 1 amide bonds. The zero-order valence-corrected chi connectivity index (χ0v) is 13.6. The molecule has 0 heterocycles. The lowest BCUT2D eigenvalue weighted by Gasteiger charge is -2.21. The van der Waals surface area contributed by atoms with Gasteiger partial charge in [0, 0.05) is 17.1 Å². The van der Waals surface area contributed by atoms with E-state index >= 15 is 0 Å². The van der Waals surface area contributed by atoms with Crippen molar-refractivity contribution in [1.29, 1.82) is 0 Å². The number of aliphatic hydroxyl groups excluding tert-OH is 1. The summed E-state index contributed by atoms with van der Waals surface area (Å²) in [5, 5.41) is 13.7. The fourth-order valence-corrected chi connectivity index (χ4v) is 3.74. The Morgan fingerprint density at radius 1 is 1.29 bits per heavy atom. The van der Waals surface area contributed by atoms with Crippen LogP contribution in [-0.2, 0) is 4.79 Å². The van der Waals surface area contributed by atoms with E-state index in [9.17, 15) is 9.90 Å². The molecule has 0 aliphatic heterocycles. The molecule has 1 aliphatic rings. The van der Waals surface area contributed by atoms with Crippen LogP contribution in [0.1, 0.15) is 38.5 Å². The van der Waals surface area contributed by atoms with Crippen molar-refractivity contribution in [3.05, 3.63) is 29.3 Å². The van der Waals surface area contributed by atoms with Crippen LogP contribution in [0.25, 0.3) is 0 Å². The Kier molecular flexibility index (Phi) is 6.87. The molecule has 0 radical (unpaired) electrons. The molecule has 0 bridgehead atoms. The largest absolute Gasteiger partial charge is 0.391 e. The number of benzene rings is 1. The molecule has 3 nitrogen and oxygen atoms in total. The van der Waals surface area contributed by atoms with Gasteiger partial charge in [0.15, 0.2) is 0 Å². The van der Waals surface area contributed by atoms with Crippen LogP contribution in [0.2, 0.25) is 5.02 Å². The van der Waals surface area contributed by atoms with Crippen LogP contribution in [-0.4, -0.2) is 28.9 Å². The number of nitrogens with one attached hydrogen (secondary N) is 1. The standard InChI is InChI=1S/C16H22ClNO2S/c17-12-6-4-5-9-15(12)21-11-10-16(20)18-13-7-2-1-3-8-14(13)19/h4-6,9,13-14,19H,1-3,7-8,10-11H2,(H,18,20). The number of rotatable bonds is 5. The van der Waals surface area contributed by atoms with Crippen molar-refractivity contribution in [1.82, 2.24) is 5.32 Å². The summed E-state index contributed by atoms with van der Waals surface area (Å²) >= 11 is 7.67. The Balaban J connectivity index is 1.73. The normalized spacial score (nSPS) is 22.6. The van der Waals surface area contributed by atoms with Crippen molar-refractivity contribution in [2.75, 3.05) is 5.75 Å². The Hall–Kier alpha value is -0.710. The third kappa shape index (κ3) is 5.53. The van der Waals surface area contributed by atoms with Gasteiger partial charge in [0.05, 0.1) is 17.2 Å². The summed E-state index contributed by atoms with van der Waals surface area (Å²) in [5.74, 6) is 0.707. The van der Waals surface area contributed by atoms with E-state index in [1.807, 2.05) is 24.3 Å². The lowest BCUT2D eigenvalue weighted by atomic mass is 10.1. The highest BCUT2D eigenvalue weighted by Gasteiger charge is 2.22. The first-order valence-electron chi connectivity index (χ1n) is 7.51. The van der Waals surface area contributed by atoms with Crippen molar-refractivity contribution in [3.63, 3.8) is 0 Å². The lowest BCUT2D eigenvalue weighted by Crippen LogP contribution is -2.42. The SMILES string of the molecule is O=C(CCSc1ccccc1Cl)NC1CCCCCC1O. The van der Waals surface area contributed by atoms with Gasteiger partial charge >= 0.3 is 0 Å². The van der Waals surface area contributed by atoms with Crippen molar-refractivity contribution in [3.8, 4) is 0 Å². The molecule has 116 valence electrons. The number of thioether (sulfide) groups is 1. The Bertz CT molecular complexity index is 469. The van der Waals surface area contributed by atoms with E-state index < -0.39 is 6.10 Å². The Morgan fingerprint density at radius 2 is 2.05 bits per heavy atom. The number of hydrogen-bond acceptors (Lipinski definition) is 3. The molecule has 2 rings (SSSR count). The van der Waals surface area contributed by atoms with E-state index in [0.717, 1.165) is 42.0 Å². The molecule has 0 saturated heterocycles. The van der Waals surface area contributed by atoms with E-state index in [1.165, 1.54) is 0 Å². The molecule has 2 N–H and O–H groups in total. The second kappa shape index (κ2) is 8.66. The molecular formula is C16H22ClNO2S. The highest BCUT2D eigenvalue weighted by Crippen LogP contribution is 2.27. The average Bonchev–Trinajstić information content (AvgIpc) is 2.66. The number of carbonyl (C=O) groups excluding carboxylic acids is 1. The highest BCUT2D eigenvalue weighted by molar-refractivity contribution is 7.99. The van der Waals surface area contributed by atoms with Crippen molar-refractivity contribution >= 4 is 29.3 Å². The van der Waals surface area contributed by atoms with Crippen LogP contribution in [0.3, 0.4) is 0 Å². The van der Waals surface area contributed by atoms with Crippen molar-refractivity contribution in [2.45, 2.75) is 55.6 Å². The van der Waals surface area contributed by atoms with Gasteiger partial charge in [0.2, 0.25) is 5.91 Å². The summed E-state index contributed by atoms with van der Waals surface area (Å²) in [6, 6.07) is 7.57. The molecule has 0 aromatic heterocycles. The minimum atomic E-state index is -0.396. The van der Waals surface area contributed by atoms with E-state index in [1.54, 1.807) is 11.8 Å². The summed E-state index contributed by atoms with van der Waals surface area (Å²) in [7, 11) is 0. The zero-order chi connectivity index (χ0) is 15.1. The van der Waals surface area contributed by atoms with Crippen LogP contribution >= 0.6 is 23.4 Å². The predicted octanol–water partition coefficient (Wildman–Crippen LogP) is 3.63. The van der Waals surface area contributed by atoms with Gasteiger partial charge in [-0.15, -0.1) is 11.8 Å². The van der Waals surface area contributed by atoms with Gasteiger partial charge < -0.3 is 10.4 Å². The molecule has 1 aromatic rings. The van der Waals surface area contributed by atoms with E-state index in [-0.39, 0.29) is 11.9 Å². The fourth-order valence-electron chi connectivity index (χ4n) is 2.55. The molecular weight excluding hydrogens is 306 g/mol. The summed E-state index contributed by atoms with van der Waals surface area (Å²) < 4.78 is 0. The number of hydrogen-bond donors (Lipinski definition) is 2. The van der Waals surface area contributed by atoms with Gasteiger partial charge in [0.25, 0.3) is 0 Å². The van der Waals surface area contributed by atoms with Crippen LogP contribution in [0, 0.1) is 0 Å². The molecule has 2 atom stereocenters. The van der Waals surface area contributed by atoms with Crippen LogP contribution in [0.5, 0.6) is 0 Å². The number of aliphatic hydroxyl groups is 1. The number of amides is 1. The predicted molar refractivity (Wildman–Crippen MR) is 87.8 cm³/mol. The monoisotopic (exact) mass is 327 g/mol. The van der Waals surface area contributed by atoms with Gasteiger partial charge in [-0.1, -0.05) is 43.0 Å². The van der Waals surface area contributed by atoms with Crippen molar-refractivity contribution < 1.29 is 9.90 Å². The third-order valence-electron chi connectivity index (χ3n) is 3.75. The quantitative estimate of drug-likeness (QED) is 0.641. The second-order valence-electron chi connectivity index (χ2n) is 5.41. The van der Waals surface area contributed by atoms with Gasteiger partial charge in [0.1, 0.15) is 0 Å². The first-order chi connectivity index (χ1) is 10.2. The molecule has 1 aliphatic carbocycles. The van der Waals surface area contributed by atoms with Crippen molar-refractivity contribution in [2.24, 2.45) is 0 Å². The van der Waals surface area contributed by atoms with E-state index in [4.69, 9.17) is 11.6 Å². The molecule has 1 saturated carbocycles. The minimum absolute atomic E-state index is 0.0144. The topological polar surface area (TPSA) is 49.3 Å². The summed E-state index contributed by atoms with van der Waals surface area (Å²) in [5.41, 5.74) is 0. The molecule has 5 heteroatoms. The van der Waals surface area contributed by atoms with E-state index in [0.29, 0.717) is 12.2 Å².